The standard InChI is InChI=1S/C16H24ClN/c1-13(16-9-5-6-12-18-16)15(17)11-10-14-7-3-2-4-8-14/h5-6,9,12-15H,2-4,7-8,10-11H2,1H3. The van der Waals surface area contributed by atoms with Crippen LogP contribution in [0.3, 0.4) is 0 Å². The van der Waals surface area contributed by atoms with Crippen molar-refractivity contribution in [3.8, 4) is 0 Å². The van der Waals surface area contributed by atoms with E-state index in [1.165, 1.54) is 38.5 Å². The van der Waals surface area contributed by atoms with Crippen molar-refractivity contribution in [2.24, 2.45) is 5.92 Å². The molecule has 1 fully saturated rings. The number of aromatic nitrogens is 1. The molecule has 0 N–H and O–H groups in total. The Balaban J connectivity index is 1.78. The van der Waals surface area contributed by atoms with E-state index in [4.69, 9.17) is 11.6 Å². The maximum atomic E-state index is 6.55. The van der Waals surface area contributed by atoms with Gasteiger partial charge in [0.2, 0.25) is 0 Å². The Morgan fingerprint density at radius 1 is 1.28 bits per heavy atom. The summed E-state index contributed by atoms with van der Waals surface area (Å²) in [5.41, 5.74) is 1.13. The normalized spacial score (nSPS) is 20.6. The number of pyridine rings is 1. The Labute approximate surface area is 116 Å². The van der Waals surface area contributed by atoms with Crippen molar-refractivity contribution in [3.63, 3.8) is 0 Å². The second-order valence-electron chi connectivity index (χ2n) is 5.64. The molecule has 1 aliphatic rings. The Kier molecular flexibility index (Phi) is 5.49. The van der Waals surface area contributed by atoms with Crippen LogP contribution in [-0.4, -0.2) is 10.4 Å². The lowest BCUT2D eigenvalue weighted by molar-refractivity contribution is 0.327. The Bertz CT molecular complexity index is 332. The summed E-state index contributed by atoms with van der Waals surface area (Å²) >= 11 is 6.55. The van der Waals surface area contributed by atoms with Crippen LogP contribution in [0.1, 0.15) is 63.5 Å². The van der Waals surface area contributed by atoms with E-state index in [1.54, 1.807) is 0 Å². The van der Waals surface area contributed by atoms with Gasteiger partial charge in [-0.3, -0.25) is 4.98 Å². The zero-order chi connectivity index (χ0) is 12.8. The van der Waals surface area contributed by atoms with Crippen LogP contribution in [0.25, 0.3) is 0 Å². The number of hydrogen-bond acceptors (Lipinski definition) is 1. The molecule has 2 unspecified atom stereocenters. The molecule has 2 atom stereocenters. The van der Waals surface area contributed by atoms with Gasteiger partial charge in [0.15, 0.2) is 0 Å². The highest BCUT2D eigenvalue weighted by atomic mass is 35.5. The fraction of sp³-hybridized carbons (Fsp3) is 0.688. The van der Waals surface area contributed by atoms with E-state index in [0.29, 0.717) is 5.92 Å². The zero-order valence-electron chi connectivity index (χ0n) is 11.3. The van der Waals surface area contributed by atoms with Crippen LogP contribution in [0.4, 0.5) is 0 Å². The molecule has 1 aliphatic carbocycles. The van der Waals surface area contributed by atoms with Crippen molar-refractivity contribution < 1.29 is 0 Å². The molecule has 0 spiro atoms. The summed E-state index contributed by atoms with van der Waals surface area (Å²) in [7, 11) is 0. The SMILES string of the molecule is CC(c1ccccn1)C(Cl)CCC1CCCCC1. The summed E-state index contributed by atoms with van der Waals surface area (Å²) in [5, 5.41) is 0.224. The van der Waals surface area contributed by atoms with Gasteiger partial charge in [0.25, 0.3) is 0 Å². The Morgan fingerprint density at radius 2 is 2.06 bits per heavy atom. The minimum atomic E-state index is 0.224. The monoisotopic (exact) mass is 265 g/mol. The molecule has 0 radical (unpaired) electrons. The molecule has 1 nitrogen and oxygen atoms in total. The minimum absolute atomic E-state index is 0.224. The largest absolute Gasteiger partial charge is 0.261 e. The zero-order valence-corrected chi connectivity index (χ0v) is 12.1. The van der Waals surface area contributed by atoms with Gasteiger partial charge in [-0.2, -0.15) is 0 Å². The van der Waals surface area contributed by atoms with E-state index < -0.39 is 0 Å². The fourth-order valence-corrected chi connectivity index (χ4v) is 3.21. The van der Waals surface area contributed by atoms with Crippen molar-refractivity contribution in [3.05, 3.63) is 30.1 Å². The molecule has 18 heavy (non-hydrogen) atoms. The Morgan fingerprint density at radius 3 is 2.72 bits per heavy atom. The molecule has 1 aromatic rings. The van der Waals surface area contributed by atoms with Crippen LogP contribution >= 0.6 is 11.6 Å². The van der Waals surface area contributed by atoms with Crippen LogP contribution in [0.2, 0.25) is 0 Å². The van der Waals surface area contributed by atoms with Gasteiger partial charge in [-0.25, -0.2) is 0 Å². The first-order chi connectivity index (χ1) is 8.77. The summed E-state index contributed by atoms with van der Waals surface area (Å²) in [6.45, 7) is 2.20. The molecule has 0 bridgehead atoms. The predicted molar refractivity (Wildman–Crippen MR) is 78.1 cm³/mol. The second-order valence-corrected chi connectivity index (χ2v) is 6.20. The van der Waals surface area contributed by atoms with E-state index >= 15 is 0 Å². The van der Waals surface area contributed by atoms with E-state index in [-0.39, 0.29) is 5.38 Å². The van der Waals surface area contributed by atoms with Gasteiger partial charge in [-0.05, 0) is 30.9 Å². The second kappa shape index (κ2) is 7.13. The highest BCUT2D eigenvalue weighted by molar-refractivity contribution is 6.21. The molecule has 100 valence electrons. The maximum absolute atomic E-state index is 6.55. The molecule has 2 heteroatoms. The minimum Gasteiger partial charge on any atom is -0.261 e. The van der Waals surface area contributed by atoms with E-state index in [9.17, 15) is 0 Å². The van der Waals surface area contributed by atoms with Crippen molar-refractivity contribution >= 4 is 11.6 Å². The molecule has 1 heterocycles. The first kappa shape index (κ1) is 13.9. The number of alkyl halides is 1. The fourth-order valence-electron chi connectivity index (χ4n) is 2.95. The molecule has 2 rings (SSSR count). The number of halogens is 1. The lowest BCUT2D eigenvalue weighted by Gasteiger charge is -2.24. The molecular formula is C16H24ClN. The van der Waals surface area contributed by atoms with E-state index in [0.717, 1.165) is 18.0 Å². The summed E-state index contributed by atoms with van der Waals surface area (Å²) < 4.78 is 0. The van der Waals surface area contributed by atoms with Crippen LogP contribution < -0.4 is 0 Å². The summed E-state index contributed by atoms with van der Waals surface area (Å²) in [4.78, 5) is 4.41. The van der Waals surface area contributed by atoms with Gasteiger partial charge in [-0.1, -0.05) is 45.1 Å². The van der Waals surface area contributed by atoms with Gasteiger partial charge < -0.3 is 0 Å². The van der Waals surface area contributed by atoms with Gasteiger partial charge in [-0.15, -0.1) is 11.6 Å². The van der Waals surface area contributed by atoms with E-state index in [2.05, 4.69) is 18.0 Å². The molecule has 0 saturated heterocycles. The average Bonchev–Trinajstić information content (AvgIpc) is 2.46. The number of nitrogens with zero attached hydrogens (tertiary/aromatic N) is 1. The van der Waals surface area contributed by atoms with Crippen LogP contribution in [0.5, 0.6) is 0 Å². The first-order valence-corrected chi connectivity index (χ1v) is 7.76. The first-order valence-electron chi connectivity index (χ1n) is 7.32. The number of hydrogen-bond donors (Lipinski definition) is 0. The molecule has 0 amide bonds. The van der Waals surface area contributed by atoms with Gasteiger partial charge in [0, 0.05) is 23.2 Å². The quantitative estimate of drug-likeness (QED) is 0.671. The molecule has 0 aromatic carbocycles. The average molecular weight is 266 g/mol. The smallest absolute Gasteiger partial charge is 0.0446 e. The highest BCUT2D eigenvalue weighted by Gasteiger charge is 2.20. The van der Waals surface area contributed by atoms with Crippen molar-refractivity contribution in [1.82, 2.24) is 4.98 Å². The molecule has 0 aliphatic heterocycles. The Hall–Kier alpha value is -0.560. The van der Waals surface area contributed by atoms with Crippen LogP contribution in [-0.2, 0) is 0 Å². The molecular weight excluding hydrogens is 242 g/mol. The maximum Gasteiger partial charge on any atom is 0.0446 e. The van der Waals surface area contributed by atoms with Crippen molar-refractivity contribution in [2.45, 2.75) is 63.2 Å². The third-order valence-electron chi connectivity index (χ3n) is 4.27. The third kappa shape index (κ3) is 3.98. The third-order valence-corrected chi connectivity index (χ3v) is 4.87. The van der Waals surface area contributed by atoms with Crippen molar-refractivity contribution in [1.29, 1.82) is 0 Å². The summed E-state index contributed by atoms with van der Waals surface area (Å²) in [5.74, 6) is 1.28. The molecule has 1 aromatic heterocycles. The lowest BCUT2D eigenvalue weighted by atomic mass is 9.84. The predicted octanol–water partition coefficient (Wildman–Crippen LogP) is 5.15. The number of rotatable bonds is 5. The topological polar surface area (TPSA) is 12.9 Å². The lowest BCUT2D eigenvalue weighted by Crippen LogP contribution is -2.14. The summed E-state index contributed by atoms with van der Waals surface area (Å²) in [6, 6.07) is 6.09. The summed E-state index contributed by atoms with van der Waals surface area (Å²) in [6.07, 6.45) is 11.4. The van der Waals surface area contributed by atoms with Gasteiger partial charge in [0.1, 0.15) is 0 Å². The van der Waals surface area contributed by atoms with E-state index in [1.807, 2.05) is 18.3 Å². The van der Waals surface area contributed by atoms with Gasteiger partial charge >= 0.3 is 0 Å². The van der Waals surface area contributed by atoms with Crippen molar-refractivity contribution in [2.75, 3.05) is 0 Å². The highest BCUT2D eigenvalue weighted by Crippen LogP contribution is 2.31. The van der Waals surface area contributed by atoms with Gasteiger partial charge in [0.05, 0.1) is 0 Å². The van der Waals surface area contributed by atoms with Crippen LogP contribution in [0, 0.1) is 5.92 Å². The molecule has 1 saturated carbocycles. The van der Waals surface area contributed by atoms with Crippen LogP contribution in [0.15, 0.2) is 24.4 Å².